The zero-order chi connectivity index (χ0) is 20.6. The van der Waals surface area contributed by atoms with Crippen molar-refractivity contribution in [3.05, 3.63) is 89.5 Å². The Morgan fingerprint density at radius 3 is 2.10 bits per heavy atom. The second kappa shape index (κ2) is 9.75. The Kier molecular flexibility index (Phi) is 6.87. The van der Waals surface area contributed by atoms with Crippen molar-refractivity contribution in [3.63, 3.8) is 0 Å². The van der Waals surface area contributed by atoms with Gasteiger partial charge < -0.3 is 14.8 Å². The molecule has 0 saturated carbocycles. The number of ether oxygens (including phenoxy) is 2. The Bertz CT molecular complexity index is 940. The van der Waals surface area contributed by atoms with E-state index >= 15 is 0 Å². The summed E-state index contributed by atoms with van der Waals surface area (Å²) in [7, 11) is 5.33. The standard InChI is InChI=1S/C24H26N2O3/c1-26(17-19-11-14-22(28-2)23(15-19)29-3)16-18-9-12-20(13-10-18)24(27)25-21-7-5-4-6-8-21/h4-15H,16-17H2,1-3H3,(H,25,27). The van der Waals surface area contributed by atoms with Crippen molar-refractivity contribution in [1.82, 2.24) is 4.90 Å². The third-order valence-corrected chi connectivity index (χ3v) is 4.60. The zero-order valence-electron chi connectivity index (χ0n) is 17.0. The van der Waals surface area contributed by atoms with Gasteiger partial charge in [-0.1, -0.05) is 36.4 Å². The van der Waals surface area contributed by atoms with Crippen LogP contribution < -0.4 is 14.8 Å². The van der Waals surface area contributed by atoms with Gasteiger partial charge in [-0.05, 0) is 54.6 Å². The molecule has 0 aliphatic rings. The highest BCUT2D eigenvalue weighted by Gasteiger charge is 2.09. The van der Waals surface area contributed by atoms with E-state index in [1.165, 1.54) is 0 Å². The van der Waals surface area contributed by atoms with Crippen LogP contribution in [0.5, 0.6) is 11.5 Å². The molecule has 1 amide bonds. The van der Waals surface area contributed by atoms with Gasteiger partial charge in [-0.3, -0.25) is 9.69 Å². The van der Waals surface area contributed by atoms with Gasteiger partial charge in [-0.15, -0.1) is 0 Å². The zero-order valence-corrected chi connectivity index (χ0v) is 17.0. The largest absolute Gasteiger partial charge is 0.493 e. The van der Waals surface area contributed by atoms with Crippen molar-refractivity contribution in [2.45, 2.75) is 13.1 Å². The molecule has 3 aromatic rings. The average Bonchev–Trinajstić information content (AvgIpc) is 2.74. The summed E-state index contributed by atoms with van der Waals surface area (Å²) in [5, 5.41) is 2.90. The number of amides is 1. The van der Waals surface area contributed by atoms with E-state index in [9.17, 15) is 4.79 Å². The number of carbonyl (C=O) groups is 1. The van der Waals surface area contributed by atoms with Gasteiger partial charge in [0.15, 0.2) is 11.5 Å². The van der Waals surface area contributed by atoms with Gasteiger partial charge in [0, 0.05) is 24.3 Å². The third kappa shape index (κ3) is 5.59. The summed E-state index contributed by atoms with van der Waals surface area (Å²) in [6.45, 7) is 1.55. The molecule has 0 unspecified atom stereocenters. The summed E-state index contributed by atoms with van der Waals surface area (Å²) in [6.07, 6.45) is 0. The lowest BCUT2D eigenvalue weighted by molar-refractivity contribution is 0.102. The van der Waals surface area contributed by atoms with Gasteiger partial charge in [-0.25, -0.2) is 0 Å². The molecule has 150 valence electrons. The van der Waals surface area contributed by atoms with Crippen LogP contribution in [0.3, 0.4) is 0 Å². The Hall–Kier alpha value is -3.31. The number of carbonyl (C=O) groups excluding carboxylic acids is 1. The van der Waals surface area contributed by atoms with Gasteiger partial charge in [0.2, 0.25) is 0 Å². The fraction of sp³-hybridized carbons (Fsp3) is 0.208. The number of nitrogens with one attached hydrogen (secondary N) is 1. The molecule has 0 aliphatic heterocycles. The van der Waals surface area contributed by atoms with Crippen LogP contribution in [0.15, 0.2) is 72.8 Å². The highest BCUT2D eigenvalue weighted by atomic mass is 16.5. The Labute approximate surface area is 171 Å². The molecule has 0 fully saturated rings. The van der Waals surface area contributed by atoms with E-state index in [-0.39, 0.29) is 5.91 Å². The van der Waals surface area contributed by atoms with Gasteiger partial charge >= 0.3 is 0 Å². The van der Waals surface area contributed by atoms with Crippen LogP contribution >= 0.6 is 0 Å². The van der Waals surface area contributed by atoms with Crippen molar-refractivity contribution < 1.29 is 14.3 Å². The SMILES string of the molecule is COc1ccc(CN(C)Cc2ccc(C(=O)Nc3ccccc3)cc2)cc1OC. The molecule has 5 heteroatoms. The van der Waals surface area contributed by atoms with Crippen molar-refractivity contribution in [1.29, 1.82) is 0 Å². The smallest absolute Gasteiger partial charge is 0.255 e. The topological polar surface area (TPSA) is 50.8 Å². The van der Waals surface area contributed by atoms with E-state index in [4.69, 9.17) is 9.47 Å². The highest BCUT2D eigenvalue weighted by Crippen LogP contribution is 2.28. The quantitative estimate of drug-likeness (QED) is 0.611. The van der Waals surface area contributed by atoms with Crippen molar-refractivity contribution >= 4 is 11.6 Å². The van der Waals surface area contributed by atoms with E-state index in [0.717, 1.165) is 41.4 Å². The van der Waals surface area contributed by atoms with E-state index in [2.05, 4.69) is 17.3 Å². The molecule has 29 heavy (non-hydrogen) atoms. The van der Waals surface area contributed by atoms with E-state index in [1.54, 1.807) is 14.2 Å². The van der Waals surface area contributed by atoms with Gasteiger partial charge in [0.05, 0.1) is 14.2 Å². The predicted molar refractivity (Wildman–Crippen MR) is 116 cm³/mol. The number of hydrogen-bond acceptors (Lipinski definition) is 4. The minimum Gasteiger partial charge on any atom is -0.493 e. The first-order chi connectivity index (χ1) is 14.1. The number of nitrogens with zero attached hydrogens (tertiary/aromatic N) is 1. The van der Waals surface area contributed by atoms with Crippen LogP contribution in [0, 0.1) is 0 Å². The van der Waals surface area contributed by atoms with E-state index < -0.39 is 0 Å². The van der Waals surface area contributed by atoms with Crippen molar-refractivity contribution in [2.75, 3.05) is 26.6 Å². The summed E-state index contributed by atoms with van der Waals surface area (Å²) >= 11 is 0. The molecule has 0 bridgehead atoms. The predicted octanol–water partition coefficient (Wildman–Crippen LogP) is 4.59. The van der Waals surface area contributed by atoms with Gasteiger partial charge in [0.25, 0.3) is 5.91 Å². The molecule has 0 spiro atoms. The molecular formula is C24H26N2O3. The lowest BCUT2D eigenvalue weighted by Gasteiger charge is -2.18. The molecule has 5 nitrogen and oxygen atoms in total. The molecule has 3 aromatic carbocycles. The lowest BCUT2D eigenvalue weighted by atomic mass is 10.1. The summed E-state index contributed by atoms with van der Waals surface area (Å²) in [5.41, 5.74) is 3.71. The number of rotatable bonds is 8. The minimum absolute atomic E-state index is 0.110. The van der Waals surface area contributed by atoms with Crippen molar-refractivity contribution in [2.24, 2.45) is 0 Å². The van der Waals surface area contributed by atoms with Crippen LogP contribution in [-0.2, 0) is 13.1 Å². The second-order valence-corrected chi connectivity index (χ2v) is 6.88. The molecule has 3 rings (SSSR count). The minimum atomic E-state index is -0.110. The Morgan fingerprint density at radius 2 is 1.45 bits per heavy atom. The summed E-state index contributed by atoms with van der Waals surface area (Å²) < 4.78 is 10.7. The van der Waals surface area contributed by atoms with Gasteiger partial charge in [-0.2, -0.15) is 0 Å². The first-order valence-electron chi connectivity index (χ1n) is 9.44. The number of para-hydroxylation sites is 1. The maximum Gasteiger partial charge on any atom is 0.255 e. The second-order valence-electron chi connectivity index (χ2n) is 6.88. The first kappa shape index (κ1) is 20.4. The third-order valence-electron chi connectivity index (χ3n) is 4.60. The fourth-order valence-corrected chi connectivity index (χ4v) is 3.14. The fourth-order valence-electron chi connectivity index (χ4n) is 3.14. The maximum atomic E-state index is 12.4. The van der Waals surface area contributed by atoms with Crippen LogP contribution in [-0.4, -0.2) is 32.1 Å². The molecule has 0 atom stereocenters. The Morgan fingerprint density at radius 1 is 0.828 bits per heavy atom. The molecule has 0 heterocycles. The summed E-state index contributed by atoms with van der Waals surface area (Å²) in [6, 6.07) is 23.1. The molecule has 0 aromatic heterocycles. The van der Waals surface area contributed by atoms with E-state index in [0.29, 0.717) is 5.56 Å². The van der Waals surface area contributed by atoms with E-state index in [1.807, 2.05) is 72.8 Å². The molecular weight excluding hydrogens is 364 g/mol. The molecule has 0 radical (unpaired) electrons. The van der Waals surface area contributed by atoms with Crippen LogP contribution in [0.4, 0.5) is 5.69 Å². The van der Waals surface area contributed by atoms with Crippen LogP contribution in [0.1, 0.15) is 21.5 Å². The summed E-state index contributed by atoms with van der Waals surface area (Å²) in [5.74, 6) is 1.34. The number of hydrogen-bond donors (Lipinski definition) is 1. The number of methoxy groups -OCH3 is 2. The maximum absolute atomic E-state index is 12.4. The highest BCUT2D eigenvalue weighted by molar-refractivity contribution is 6.04. The Balaban J connectivity index is 1.58. The first-order valence-corrected chi connectivity index (χ1v) is 9.44. The van der Waals surface area contributed by atoms with Gasteiger partial charge in [0.1, 0.15) is 0 Å². The lowest BCUT2D eigenvalue weighted by Crippen LogP contribution is -2.17. The molecule has 0 aliphatic carbocycles. The van der Waals surface area contributed by atoms with Crippen molar-refractivity contribution in [3.8, 4) is 11.5 Å². The van der Waals surface area contributed by atoms with Crippen LogP contribution in [0.25, 0.3) is 0 Å². The average molecular weight is 390 g/mol. The number of benzene rings is 3. The normalized spacial score (nSPS) is 10.6. The summed E-state index contributed by atoms with van der Waals surface area (Å²) in [4.78, 5) is 14.6. The molecule has 0 saturated heterocycles. The van der Waals surface area contributed by atoms with Crippen LogP contribution in [0.2, 0.25) is 0 Å². The number of anilines is 1. The monoisotopic (exact) mass is 390 g/mol. The molecule has 1 N–H and O–H groups in total.